The highest BCUT2D eigenvalue weighted by atomic mass is 19.4. The third-order valence-corrected chi connectivity index (χ3v) is 1.48. The average Bonchev–Trinajstić information content (AvgIpc) is 2.02. The third kappa shape index (κ3) is 9.31. The van der Waals surface area contributed by atoms with Crippen LogP contribution in [0.2, 0.25) is 0 Å². The number of alkyl halides is 3. The molecule has 14 heavy (non-hydrogen) atoms. The molecule has 0 aromatic carbocycles. The molecule has 0 saturated heterocycles. The summed E-state index contributed by atoms with van der Waals surface area (Å²) in [5, 5.41) is 2.44. The third-order valence-electron chi connectivity index (χ3n) is 1.48. The molecule has 0 unspecified atom stereocenters. The SMILES string of the molecule is COCC(=O)NCCCCC(F)(F)F. The largest absolute Gasteiger partial charge is 0.389 e. The van der Waals surface area contributed by atoms with Crippen LogP contribution in [-0.2, 0) is 9.53 Å². The zero-order valence-corrected chi connectivity index (χ0v) is 7.99. The number of nitrogens with one attached hydrogen (secondary N) is 1. The highest BCUT2D eigenvalue weighted by Crippen LogP contribution is 2.21. The van der Waals surface area contributed by atoms with Gasteiger partial charge in [-0.15, -0.1) is 0 Å². The Balaban J connectivity index is 3.26. The average molecular weight is 213 g/mol. The molecule has 3 nitrogen and oxygen atoms in total. The van der Waals surface area contributed by atoms with Gasteiger partial charge in [0.2, 0.25) is 5.91 Å². The molecule has 0 aliphatic rings. The Bertz CT molecular complexity index is 170. The summed E-state index contributed by atoms with van der Waals surface area (Å²) in [7, 11) is 1.38. The quantitative estimate of drug-likeness (QED) is 0.679. The van der Waals surface area contributed by atoms with Gasteiger partial charge in [-0.1, -0.05) is 0 Å². The van der Waals surface area contributed by atoms with Crippen LogP contribution in [0, 0.1) is 0 Å². The van der Waals surface area contributed by atoms with Crippen LogP contribution >= 0.6 is 0 Å². The normalized spacial score (nSPS) is 11.4. The Morgan fingerprint density at radius 2 is 2.00 bits per heavy atom. The van der Waals surface area contributed by atoms with Crippen LogP contribution in [0.4, 0.5) is 13.2 Å². The summed E-state index contributed by atoms with van der Waals surface area (Å²) in [6.45, 7) is 0.206. The van der Waals surface area contributed by atoms with Crippen molar-refractivity contribution >= 4 is 5.91 Å². The number of unbranched alkanes of at least 4 members (excludes halogenated alkanes) is 1. The van der Waals surface area contributed by atoms with Crippen molar-refractivity contribution in [2.24, 2.45) is 0 Å². The molecule has 1 amide bonds. The molecule has 1 N–H and O–H groups in total. The van der Waals surface area contributed by atoms with E-state index in [4.69, 9.17) is 0 Å². The molecule has 0 aromatic heterocycles. The summed E-state index contributed by atoms with van der Waals surface area (Å²) in [6, 6.07) is 0. The van der Waals surface area contributed by atoms with E-state index in [9.17, 15) is 18.0 Å². The summed E-state index contributed by atoms with van der Waals surface area (Å²) in [6.07, 6.45) is -4.53. The second-order valence-electron chi connectivity index (χ2n) is 2.86. The maximum atomic E-state index is 11.7. The lowest BCUT2D eigenvalue weighted by atomic mass is 10.2. The number of rotatable bonds is 6. The van der Waals surface area contributed by atoms with Gasteiger partial charge in [0.25, 0.3) is 0 Å². The van der Waals surface area contributed by atoms with Crippen LogP contribution in [0.5, 0.6) is 0 Å². The molecule has 0 aromatic rings. The van der Waals surface area contributed by atoms with Crippen LogP contribution < -0.4 is 5.32 Å². The molecule has 0 spiro atoms. The lowest BCUT2D eigenvalue weighted by molar-refractivity contribution is -0.135. The zero-order valence-electron chi connectivity index (χ0n) is 7.99. The highest BCUT2D eigenvalue weighted by Gasteiger charge is 2.25. The first-order chi connectivity index (χ1) is 6.45. The first kappa shape index (κ1) is 13.2. The second-order valence-corrected chi connectivity index (χ2v) is 2.86. The van der Waals surface area contributed by atoms with Gasteiger partial charge in [0.1, 0.15) is 6.61 Å². The van der Waals surface area contributed by atoms with Crippen molar-refractivity contribution < 1.29 is 22.7 Å². The molecule has 84 valence electrons. The van der Waals surface area contributed by atoms with Crippen LogP contribution in [0.15, 0.2) is 0 Å². The Labute approximate surface area is 80.6 Å². The van der Waals surface area contributed by atoms with Gasteiger partial charge >= 0.3 is 6.18 Å². The summed E-state index contributed by atoms with van der Waals surface area (Å²) < 4.78 is 39.5. The number of ether oxygens (including phenoxy) is 1. The van der Waals surface area contributed by atoms with E-state index in [2.05, 4.69) is 10.1 Å². The van der Waals surface area contributed by atoms with Crippen LogP contribution in [0.3, 0.4) is 0 Å². The van der Waals surface area contributed by atoms with Crippen LogP contribution in [-0.4, -0.2) is 32.3 Å². The van der Waals surface area contributed by atoms with E-state index < -0.39 is 12.6 Å². The summed E-state index contributed by atoms with van der Waals surface area (Å²) in [5.74, 6) is -0.306. The minimum absolute atomic E-state index is 0.0385. The standard InChI is InChI=1S/C8H14F3NO2/c1-14-6-7(13)12-5-3-2-4-8(9,10)11/h2-6H2,1H3,(H,12,13). The van der Waals surface area contributed by atoms with Crippen molar-refractivity contribution in [1.82, 2.24) is 5.32 Å². The Morgan fingerprint density at radius 1 is 1.36 bits per heavy atom. The predicted molar refractivity (Wildman–Crippen MR) is 44.8 cm³/mol. The van der Waals surface area contributed by atoms with Crippen molar-refractivity contribution in [1.29, 1.82) is 0 Å². The van der Waals surface area contributed by atoms with Gasteiger partial charge in [-0.05, 0) is 12.8 Å². The first-order valence-corrected chi connectivity index (χ1v) is 4.28. The Morgan fingerprint density at radius 3 is 2.50 bits per heavy atom. The first-order valence-electron chi connectivity index (χ1n) is 4.28. The monoisotopic (exact) mass is 213 g/mol. The fraction of sp³-hybridized carbons (Fsp3) is 0.875. The molecule has 0 bridgehead atoms. The number of hydrogen-bond donors (Lipinski definition) is 1. The minimum atomic E-state index is -4.10. The maximum Gasteiger partial charge on any atom is 0.389 e. The molecule has 0 fully saturated rings. The number of carbonyl (C=O) groups is 1. The molecular weight excluding hydrogens is 199 g/mol. The lowest BCUT2D eigenvalue weighted by Crippen LogP contribution is -2.28. The molecule has 0 radical (unpaired) electrons. The highest BCUT2D eigenvalue weighted by molar-refractivity contribution is 5.77. The van der Waals surface area contributed by atoms with E-state index in [-0.39, 0.29) is 25.5 Å². The van der Waals surface area contributed by atoms with E-state index in [1.165, 1.54) is 7.11 Å². The molecule has 0 aliphatic heterocycles. The van der Waals surface area contributed by atoms with Gasteiger partial charge in [0.15, 0.2) is 0 Å². The van der Waals surface area contributed by atoms with Crippen molar-refractivity contribution in [3.8, 4) is 0 Å². The van der Waals surface area contributed by atoms with E-state index in [0.717, 1.165) is 0 Å². The fourth-order valence-corrected chi connectivity index (χ4v) is 0.860. The molecule has 0 heterocycles. The van der Waals surface area contributed by atoms with E-state index >= 15 is 0 Å². The maximum absolute atomic E-state index is 11.7. The van der Waals surface area contributed by atoms with Crippen molar-refractivity contribution in [2.45, 2.75) is 25.4 Å². The van der Waals surface area contributed by atoms with Crippen LogP contribution in [0.25, 0.3) is 0 Å². The predicted octanol–water partition coefficient (Wildman–Crippen LogP) is 1.48. The number of methoxy groups -OCH3 is 1. The summed E-state index contributed by atoms with van der Waals surface area (Å²) in [5.41, 5.74) is 0. The van der Waals surface area contributed by atoms with E-state index in [1.54, 1.807) is 0 Å². The molecule has 6 heteroatoms. The number of hydrogen-bond acceptors (Lipinski definition) is 2. The molecule has 0 aliphatic carbocycles. The number of carbonyl (C=O) groups excluding carboxylic acids is 1. The number of amides is 1. The van der Waals surface area contributed by atoms with Gasteiger partial charge < -0.3 is 10.1 Å². The molecular formula is C8H14F3NO2. The minimum Gasteiger partial charge on any atom is -0.375 e. The van der Waals surface area contributed by atoms with E-state index in [0.29, 0.717) is 6.42 Å². The fourth-order valence-electron chi connectivity index (χ4n) is 0.860. The smallest absolute Gasteiger partial charge is 0.375 e. The van der Waals surface area contributed by atoms with Crippen molar-refractivity contribution in [3.63, 3.8) is 0 Å². The van der Waals surface area contributed by atoms with E-state index in [1.807, 2.05) is 0 Å². The summed E-state index contributed by atoms with van der Waals surface area (Å²) >= 11 is 0. The topological polar surface area (TPSA) is 38.3 Å². The van der Waals surface area contributed by atoms with Crippen molar-refractivity contribution in [3.05, 3.63) is 0 Å². The number of halogens is 3. The molecule has 0 rings (SSSR count). The van der Waals surface area contributed by atoms with Crippen molar-refractivity contribution in [2.75, 3.05) is 20.3 Å². The van der Waals surface area contributed by atoms with Gasteiger partial charge in [-0.25, -0.2) is 0 Å². The lowest BCUT2D eigenvalue weighted by Gasteiger charge is -2.06. The van der Waals surface area contributed by atoms with Gasteiger partial charge in [-0.3, -0.25) is 4.79 Å². The Kier molecular flexibility index (Phi) is 6.27. The molecule has 0 saturated carbocycles. The second kappa shape index (κ2) is 6.64. The Hall–Kier alpha value is -0.780. The van der Waals surface area contributed by atoms with Gasteiger partial charge in [0.05, 0.1) is 0 Å². The zero-order chi connectivity index (χ0) is 11.0. The molecule has 0 atom stereocenters. The van der Waals surface area contributed by atoms with Gasteiger partial charge in [-0.2, -0.15) is 13.2 Å². The van der Waals surface area contributed by atoms with Crippen LogP contribution in [0.1, 0.15) is 19.3 Å². The summed E-state index contributed by atoms with van der Waals surface area (Å²) in [4.78, 5) is 10.7. The van der Waals surface area contributed by atoms with Gasteiger partial charge in [0, 0.05) is 20.1 Å².